The molecule has 88 valence electrons. The summed E-state index contributed by atoms with van der Waals surface area (Å²) in [6, 6.07) is 3.04. The second-order valence-electron chi connectivity index (χ2n) is 3.25. The zero-order chi connectivity index (χ0) is 12.4. The van der Waals surface area contributed by atoms with Crippen LogP contribution >= 0.6 is 11.3 Å². The monoisotopic (exact) mass is 252 g/mol. The van der Waals surface area contributed by atoms with Gasteiger partial charge in [0.05, 0.1) is 11.8 Å². The first kappa shape index (κ1) is 11.5. The molecule has 0 aliphatic carbocycles. The van der Waals surface area contributed by atoms with Crippen molar-refractivity contribution in [3.63, 3.8) is 0 Å². The van der Waals surface area contributed by atoms with E-state index >= 15 is 0 Å². The van der Waals surface area contributed by atoms with Gasteiger partial charge in [-0.2, -0.15) is 0 Å². The van der Waals surface area contributed by atoms with Crippen LogP contribution in [0.5, 0.6) is 0 Å². The van der Waals surface area contributed by atoms with Crippen LogP contribution < -0.4 is 5.63 Å². The summed E-state index contributed by atoms with van der Waals surface area (Å²) in [6.07, 6.45) is 1.03. The van der Waals surface area contributed by atoms with Gasteiger partial charge in [0.1, 0.15) is 17.4 Å². The minimum absolute atomic E-state index is 0.139. The lowest BCUT2D eigenvalue weighted by Gasteiger charge is -1.96. The highest BCUT2D eigenvalue weighted by Gasteiger charge is 2.15. The summed E-state index contributed by atoms with van der Waals surface area (Å²) in [6.45, 7) is 0. The average molecular weight is 252 g/mol. The minimum Gasteiger partial charge on any atom is -0.465 e. The van der Waals surface area contributed by atoms with Crippen LogP contribution in [-0.2, 0) is 16.0 Å². The van der Waals surface area contributed by atoms with Gasteiger partial charge in [0, 0.05) is 11.3 Å². The van der Waals surface area contributed by atoms with E-state index in [-0.39, 0.29) is 12.0 Å². The van der Waals surface area contributed by atoms with Crippen molar-refractivity contribution in [3.05, 3.63) is 33.0 Å². The molecule has 0 aromatic carbocycles. The Morgan fingerprint density at radius 3 is 2.94 bits per heavy atom. The summed E-state index contributed by atoms with van der Waals surface area (Å²) in [5.41, 5.74) is -0.496. The molecule has 2 rings (SSSR count). The summed E-state index contributed by atoms with van der Waals surface area (Å²) in [5, 5.41) is 0. The van der Waals surface area contributed by atoms with Gasteiger partial charge in [-0.3, -0.25) is 0 Å². The predicted molar refractivity (Wildman–Crippen MR) is 61.5 cm³/mol. The van der Waals surface area contributed by atoms with Crippen molar-refractivity contribution in [2.45, 2.75) is 6.42 Å². The van der Waals surface area contributed by atoms with Crippen molar-refractivity contribution in [1.82, 2.24) is 0 Å². The molecule has 0 aliphatic heterocycles. The first-order valence-electron chi connectivity index (χ1n) is 4.74. The molecule has 0 radical (unpaired) electrons. The van der Waals surface area contributed by atoms with Crippen LogP contribution in [0.1, 0.15) is 15.2 Å². The number of ether oxygens (including phenoxy) is 1. The molecule has 6 heteroatoms. The highest BCUT2D eigenvalue weighted by atomic mass is 32.1. The van der Waals surface area contributed by atoms with E-state index in [4.69, 9.17) is 4.42 Å². The second kappa shape index (κ2) is 4.50. The molecule has 0 fully saturated rings. The Labute approximate surface area is 99.6 Å². The maximum atomic E-state index is 11.5. The van der Waals surface area contributed by atoms with Crippen molar-refractivity contribution >= 4 is 33.9 Å². The number of esters is 1. The first-order valence-corrected chi connectivity index (χ1v) is 5.56. The Kier molecular flexibility index (Phi) is 3.06. The average Bonchev–Trinajstić information content (AvgIpc) is 2.69. The van der Waals surface area contributed by atoms with Crippen LogP contribution in [0.3, 0.4) is 0 Å². The number of rotatable bonds is 3. The van der Waals surface area contributed by atoms with E-state index in [1.165, 1.54) is 24.5 Å². The van der Waals surface area contributed by atoms with Gasteiger partial charge in [-0.05, 0) is 12.1 Å². The molecule has 2 heterocycles. The molecule has 0 aliphatic rings. The van der Waals surface area contributed by atoms with Crippen molar-refractivity contribution in [3.8, 4) is 0 Å². The Balaban J connectivity index is 2.59. The molecule has 0 spiro atoms. The third-order valence-electron chi connectivity index (χ3n) is 2.16. The van der Waals surface area contributed by atoms with Crippen LogP contribution in [0.25, 0.3) is 10.3 Å². The molecule has 0 amide bonds. The van der Waals surface area contributed by atoms with Crippen molar-refractivity contribution in [1.29, 1.82) is 0 Å². The van der Waals surface area contributed by atoms with Gasteiger partial charge in [-0.15, -0.1) is 11.3 Å². The molecule has 5 nitrogen and oxygen atoms in total. The number of fused-ring (bicyclic) bond motifs is 1. The smallest absolute Gasteiger partial charge is 0.351 e. The third-order valence-corrected chi connectivity index (χ3v) is 3.25. The lowest BCUT2D eigenvalue weighted by Crippen LogP contribution is -2.14. The first-order chi connectivity index (χ1) is 8.15. The highest BCUT2D eigenvalue weighted by molar-refractivity contribution is 7.19. The Bertz CT molecular complexity index is 637. The molecule has 0 saturated heterocycles. The van der Waals surface area contributed by atoms with Gasteiger partial charge in [0.15, 0.2) is 0 Å². The summed E-state index contributed by atoms with van der Waals surface area (Å²) in [5.74, 6) is -0.731. The molecule has 17 heavy (non-hydrogen) atoms. The Morgan fingerprint density at radius 2 is 2.29 bits per heavy atom. The quantitative estimate of drug-likeness (QED) is 0.609. The molecular formula is C11H8O5S. The number of hydrogen-bond donors (Lipinski definition) is 0. The number of methoxy groups -OCH3 is 1. The maximum absolute atomic E-state index is 11.5. The van der Waals surface area contributed by atoms with Crippen LogP contribution in [0.4, 0.5) is 0 Å². The van der Waals surface area contributed by atoms with Crippen LogP contribution in [0.15, 0.2) is 21.3 Å². The lowest BCUT2D eigenvalue weighted by atomic mass is 10.3. The predicted octanol–water partition coefficient (Wildman–Crippen LogP) is 1.38. The Hall–Kier alpha value is -1.95. The van der Waals surface area contributed by atoms with E-state index in [9.17, 15) is 14.4 Å². The normalized spacial score (nSPS) is 10.4. The Morgan fingerprint density at radius 1 is 1.53 bits per heavy atom. The van der Waals surface area contributed by atoms with E-state index in [2.05, 4.69) is 4.74 Å². The van der Waals surface area contributed by atoms with E-state index in [0.29, 0.717) is 10.3 Å². The van der Waals surface area contributed by atoms with Gasteiger partial charge >= 0.3 is 11.6 Å². The van der Waals surface area contributed by atoms with Gasteiger partial charge in [-0.25, -0.2) is 9.59 Å². The molecule has 0 atom stereocenters. The molecule has 0 unspecified atom stereocenters. The standard InChI is InChI=1S/C11H8O5S/c1-15-10(13)7-5-9-8(16-11(7)14)4-6(17-9)2-3-12/h3-5H,2H2,1H3. The number of aldehydes is 1. The molecular weight excluding hydrogens is 244 g/mol. The fourth-order valence-electron chi connectivity index (χ4n) is 1.40. The summed E-state index contributed by atoms with van der Waals surface area (Å²) < 4.78 is 10.1. The van der Waals surface area contributed by atoms with E-state index in [1.54, 1.807) is 6.07 Å². The molecule has 0 N–H and O–H groups in total. The fraction of sp³-hybridized carbons (Fsp3) is 0.182. The molecule has 2 aromatic rings. The van der Waals surface area contributed by atoms with Gasteiger partial charge in [0.25, 0.3) is 0 Å². The molecule has 0 bridgehead atoms. The van der Waals surface area contributed by atoms with E-state index in [1.807, 2.05) is 0 Å². The van der Waals surface area contributed by atoms with Crippen LogP contribution in [-0.4, -0.2) is 19.4 Å². The maximum Gasteiger partial charge on any atom is 0.351 e. The number of thiophene rings is 1. The number of carbonyl (C=O) groups is 2. The van der Waals surface area contributed by atoms with Crippen LogP contribution in [0, 0.1) is 0 Å². The number of carbonyl (C=O) groups excluding carboxylic acids is 2. The largest absolute Gasteiger partial charge is 0.465 e. The topological polar surface area (TPSA) is 73.6 Å². The third kappa shape index (κ3) is 2.12. The molecule has 2 aromatic heterocycles. The van der Waals surface area contributed by atoms with Gasteiger partial charge in [0.2, 0.25) is 0 Å². The van der Waals surface area contributed by atoms with Gasteiger partial charge in [-0.1, -0.05) is 0 Å². The zero-order valence-corrected chi connectivity index (χ0v) is 9.71. The highest BCUT2D eigenvalue weighted by Crippen LogP contribution is 2.25. The van der Waals surface area contributed by atoms with Crippen LogP contribution in [0.2, 0.25) is 0 Å². The second-order valence-corrected chi connectivity index (χ2v) is 4.42. The van der Waals surface area contributed by atoms with Crippen molar-refractivity contribution < 1.29 is 18.7 Å². The van der Waals surface area contributed by atoms with E-state index in [0.717, 1.165) is 11.2 Å². The summed E-state index contributed by atoms with van der Waals surface area (Å²) in [4.78, 5) is 33.9. The SMILES string of the molecule is COC(=O)c1cc2sc(CC=O)cc2oc1=O. The zero-order valence-electron chi connectivity index (χ0n) is 8.89. The van der Waals surface area contributed by atoms with E-state index < -0.39 is 11.6 Å². The summed E-state index contributed by atoms with van der Waals surface area (Å²) >= 11 is 1.30. The van der Waals surface area contributed by atoms with Gasteiger partial charge < -0.3 is 13.9 Å². The molecule has 0 saturated carbocycles. The van der Waals surface area contributed by atoms with Crippen molar-refractivity contribution in [2.24, 2.45) is 0 Å². The minimum atomic E-state index is -0.736. The summed E-state index contributed by atoms with van der Waals surface area (Å²) in [7, 11) is 1.19. The number of hydrogen-bond acceptors (Lipinski definition) is 6. The fourth-order valence-corrected chi connectivity index (χ4v) is 2.38. The van der Waals surface area contributed by atoms with Crippen molar-refractivity contribution in [2.75, 3.05) is 7.11 Å². The lowest BCUT2D eigenvalue weighted by molar-refractivity contribution is -0.107.